The van der Waals surface area contributed by atoms with Gasteiger partial charge in [0, 0.05) is 6.54 Å². The van der Waals surface area contributed by atoms with Crippen LogP contribution in [0.2, 0.25) is 0 Å². The van der Waals surface area contributed by atoms with Crippen LogP contribution in [0, 0.1) is 0 Å². The van der Waals surface area contributed by atoms with Gasteiger partial charge < -0.3 is 19.4 Å². The molecule has 0 radical (unpaired) electrons. The van der Waals surface area contributed by atoms with Crippen molar-refractivity contribution < 1.29 is 14.0 Å². The Bertz CT molecular complexity index is 366. The van der Waals surface area contributed by atoms with E-state index in [1.54, 1.807) is 0 Å². The van der Waals surface area contributed by atoms with Crippen molar-refractivity contribution >= 4 is 18.3 Å². The minimum absolute atomic E-state index is 0.209. The summed E-state index contributed by atoms with van der Waals surface area (Å²) in [6, 6.07) is 5.98. The Morgan fingerprint density at radius 3 is 2.87 bits per heavy atom. The number of fused-ring (bicyclic) bond motifs is 1. The normalized spacial score (nSPS) is 19.3. The van der Waals surface area contributed by atoms with Gasteiger partial charge in [0.05, 0.1) is 18.9 Å². The van der Waals surface area contributed by atoms with Gasteiger partial charge in [-0.05, 0) is 17.6 Å². The standard InChI is InChI=1S/C10H12BNO3/c1-2-10-9(12-3-4-13-10)7-8(1)11-14-5-6-15-11/h1-2,7,12H,3-6H2. The predicted octanol–water partition coefficient (Wildman–Crippen LogP) is 0.233. The van der Waals surface area contributed by atoms with E-state index in [1.165, 1.54) is 0 Å². The Hall–Kier alpha value is -1.20. The summed E-state index contributed by atoms with van der Waals surface area (Å²) in [4.78, 5) is 0. The van der Waals surface area contributed by atoms with Crippen LogP contribution in [0.1, 0.15) is 0 Å². The molecule has 4 nitrogen and oxygen atoms in total. The molecule has 1 aromatic rings. The van der Waals surface area contributed by atoms with Gasteiger partial charge >= 0.3 is 7.12 Å². The van der Waals surface area contributed by atoms with Gasteiger partial charge in [0.15, 0.2) is 0 Å². The van der Waals surface area contributed by atoms with E-state index in [1.807, 2.05) is 18.2 Å². The van der Waals surface area contributed by atoms with E-state index in [4.69, 9.17) is 14.0 Å². The fourth-order valence-corrected chi connectivity index (χ4v) is 1.86. The molecule has 0 amide bonds. The molecular weight excluding hydrogens is 193 g/mol. The summed E-state index contributed by atoms with van der Waals surface area (Å²) in [5.74, 6) is 0.906. The highest BCUT2D eigenvalue weighted by molar-refractivity contribution is 6.61. The fraction of sp³-hybridized carbons (Fsp3) is 0.400. The van der Waals surface area contributed by atoms with Gasteiger partial charge in [0.25, 0.3) is 0 Å². The summed E-state index contributed by atoms with van der Waals surface area (Å²) in [5.41, 5.74) is 2.07. The molecule has 1 fully saturated rings. The van der Waals surface area contributed by atoms with Gasteiger partial charge in [-0.2, -0.15) is 0 Å². The summed E-state index contributed by atoms with van der Waals surface area (Å²) >= 11 is 0. The van der Waals surface area contributed by atoms with Gasteiger partial charge in [-0.3, -0.25) is 0 Å². The third-order valence-corrected chi connectivity index (χ3v) is 2.57. The average molecular weight is 205 g/mol. The molecule has 2 aliphatic rings. The molecule has 2 heterocycles. The van der Waals surface area contributed by atoms with Crippen molar-refractivity contribution in [3.8, 4) is 5.75 Å². The van der Waals surface area contributed by atoms with Gasteiger partial charge in [-0.15, -0.1) is 0 Å². The Morgan fingerprint density at radius 1 is 1.13 bits per heavy atom. The van der Waals surface area contributed by atoms with Crippen LogP contribution >= 0.6 is 0 Å². The lowest BCUT2D eigenvalue weighted by atomic mass is 9.79. The highest BCUT2D eigenvalue weighted by atomic mass is 16.6. The van der Waals surface area contributed by atoms with Crippen molar-refractivity contribution in [2.24, 2.45) is 0 Å². The Kier molecular flexibility index (Phi) is 2.27. The molecular formula is C10H12BNO3. The molecule has 15 heavy (non-hydrogen) atoms. The first-order valence-electron chi connectivity index (χ1n) is 5.17. The molecule has 0 unspecified atom stereocenters. The number of benzene rings is 1. The number of nitrogens with one attached hydrogen (secondary N) is 1. The first-order chi connectivity index (χ1) is 7.43. The topological polar surface area (TPSA) is 39.7 Å². The smallest absolute Gasteiger partial charge is 0.490 e. The summed E-state index contributed by atoms with van der Waals surface area (Å²) < 4.78 is 16.4. The second-order valence-electron chi connectivity index (χ2n) is 3.60. The molecule has 0 aliphatic carbocycles. The number of rotatable bonds is 1. The molecule has 0 atom stereocenters. The number of hydrogen-bond acceptors (Lipinski definition) is 4. The maximum Gasteiger partial charge on any atom is 0.494 e. The third kappa shape index (κ3) is 1.68. The van der Waals surface area contributed by atoms with E-state index in [-0.39, 0.29) is 7.12 Å². The van der Waals surface area contributed by atoms with E-state index < -0.39 is 0 Å². The van der Waals surface area contributed by atoms with Crippen LogP contribution < -0.4 is 15.5 Å². The zero-order chi connectivity index (χ0) is 10.1. The van der Waals surface area contributed by atoms with Crippen LogP contribution in [-0.2, 0) is 9.31 Å². The Labute approximate surface area is 88.7 Å². The van der Waals surface area contributed by atoms with E-state index >= 15 is 0 Å². The van der Waals surface area contributed by atoms with Crippen molar-refractivity contribution in [2.45, 2.75) is 0 Å². The number of hydrogen-bond donors (Lipinski definition) is 1. The molecule has 5 heteroatoms. The highest BCUT2D eigenvalue weighted by Crippen LogP contribution is 2.25. The summed E-state index contributed by atoms with van der Waals surface area (Å²) in [6.07, 6.45) is 0. The predicted molar refractivity (Wildman–Crippen MR) is 57.7 cm³/mol. The fourth-order valence-electron chi connectivity index (χ4n) is 1.86. The van der Waals surface area contributed by atoms with Crippen molar-refractivity contribution in [2.75, 3.05) is 31.7 Å². The molecule has 2 aliphatic heterocycles. The van der Waals surface area contributed by atoms with E-state index in [9.17, 15) is 0 Å². The van der Waals surface area contributed by atoms with Crippen molar-refractivity contribution in [3.05, 3.63) is 18.2 Å². The molecule has 0 spiro atoms. The van der Waals surface area contributed by atoms with Gasteiger partial charge in [-0.25, -0.2) is 0 Å². The van der Waals surface area contributed by atoms with E-state index in [2.05, 4.69) is 5.32 Å². The van der Waals surface area contributed by atoms with Crippen LogP contribution in [0.5, 0.6) is 5.75 Å². The van der Waals surface area contributed by atoms with Crippen LogP contribution in [0.3, 0.4) is 0 Å². The van der Waals surface area contributed by atoms with Crippen LogP contribution in [0.15, 0.2) is 18.2 Å². The molecule has 0 saturated carbocycles. The first-order valence-corrected chi connectivity index (χ1v) is 5.17. The average Bonchev–Trinajstić information content (AvgIpc) is 2.82. The van der Waals surface area contributed by atoms with Crippen LogP contribution in [0.4, 0.5) is 5.69 Å². The molecule has 0 aromatic heterocycles. The van der Waals surface area contributed by atoms with E-state index in [0.29, 0.717) is 13.2 Å². The second-order valence-corrected chi connectivity index (χ2v) is 3.60. The van der Waals surface area contributed by atoms with Gasteiger partial charge in [0.1, 0.15) is 12.4 Å². The molecule has 1 aromatic carbocycles. The lowest BCUT2D eigenvalue weighted by Crippen LogP contribution is -2.32. The monoisotopic (exact) mass is 205 g/mol. The Morgan fingerprint density at radius 2 is 2.00 bits per heavy atom. The first kappa shape index (κ1) is 9.06. The lowest BCUT2D eigenvalue weighted by Gasteiger charge is -2.19. The van der Waals surface area contributed by atoms with E-state index in [0.717, 1.165) is 30.1 Å². The maximum absolute atomic E-state index is 5.50. The maximum atomic E-state index is 5.50. The second kappa shape index (κ2) is 3.75. The largest absolute Gasteiger partial charge is 0.494 e. The summed E-state index contributed by atoms with van der Waals surface area (Å²) in [5, 5.41) is 3.29. The van der Waals surface area contributed by atoms with Crippen molar-refractivity contribution in [1.29, 1.82) is 0 Å². The van der Waals surface area contributed by atoms with Gasteiger partial charge in [0.2, 0.25) is 0 Å². The van der Waals surface area contributed by atoms with Crippen molar-refractivity contribution in [3.63, 3.8) is 0 Å². The molecule has 1 saturated heterocycles. The van der Waals surface area contributed by atoms with Gasteiger partial charge in [-0.1, -0.05) is 6.07 Å². The zero-order valence-corrected chi connectivity index (χ0v) is 8.36. The van der Waals surface area contributed by atoms with Crippen LogP contribution in [-0.4, -0.2) is 33.5 Å². The minimum Gasteiger partial charge on any atom is -0.490 e. The number of anilines is 1. The SMILES string of the molecule is c1cc2c(cc1B1OCCO1)NCCO2. The zero-order valence-electron chi connectivity index (χ0n) is 8.36. The third-order valence-electron chi connectivity index (χ3n) is 2.57. The molecule has 0 bridgehead atoms. The Balaban J connectivity index is 1.89. The molecule has 78 valence electrons. The molecule has 1 N–H and O–H groups in total. The highest BCUT2D eigenvalue weighted by Gasteiger charge is 2.27. The quantitative estimate of drug-likeness (QED) is 0.666. The summed E-state index contributed by atoms with van der Waals surface area (Å²) in [6.45, 7) is 2.92. The lowest BCUT2D eigenvalue weighted by molar-refractivity contribution is 0.323. The van der Waals surface area contributed by atoms with Crippen molar-refractivity contribution in [1.82, 2.24) is 0 Å². The summed E-state index contributed by atoms with van der Waals surface area (Å²) in [7, 11) is -0.209. The minimum atomic E-state index is -0.209. The van der Waals surface area contributed by atoms with Crippen LogP contribution in [0.25, 0.3) is 0 Å². The number of ether oxygens (including phenoxy) is 1. The molecule has 3 rings (SSSR count).